The average molecular weight is 918 g/mol. The Labute approximate surface area is 386 Å². The third kappa shape index (κ3) is 24.7. The van der Waals surface area contributed by atoms with Crippen LogP contribution in [0.5, 0.6) is 0 Å². The summed E-state index contributed by atoms with van der Waals surface area (Å²) in [6.45, 7) is 2.72. The van der Waals surface area contributed by atoms with E-state index in [1.165, 1.54) is 128 Å². The van der Waals surface area contributed by atoms with Gasteiger partial charge in [0.2, 0.25) is 5.91 Å². The zero-order valence-corrected chi connectivity index (χ0v) is 40.0. The van der Waals surface area contributed by atoms with Gasteiger partial charge in [-0.2, -0.15) is 0 Å². The van der Waals surface area contributed by atoms with Crippen LogP contribution in [0.1, 0.15) is 206 Å². The molecule has 2 aliphatic heterocycles. The van der Waals surface area contributed by atoms with Gasteiger partial charge in [-0.3, -0.25) is 4.79 Å². The van der Waals surface area contributed by atoms with Gasteiger partial charge in [-0.1, -0.05) is 193 Å². The molecule has 0 aromatic heterocycles. The first-order chi connectivity index (χ1) is 31.1. The summed E-state index contributed by atoms with van der Waals surface area (Å²) in [4.78, 5) is 13.0. The summed E-state index contributed by atoms with van der Waals surface area (Å²) in [7, 11) is 0. The number of rotatable bonds is 40. The van der Waals surface area contributed by atoms with Crippen LogP contribution in [0.4, 0.5) is 0 Å². The van der Waals surface area contributed by atoms with Crippen molar-refractivity contribution >= 4 is 5.91 Å². The lowest BCUT2D eigenvalue weighted by Gasteiger charge is -2.46. The number of carbonyl (C=O) groups excluding carboxylic acids is 1. The molecule has 2 saturated heterocycles. The van der Waals surface area contributed by atoms with Gasteiger partial charge in [-0.25, -0.2) is 0 Å². The van der Waals surface area contributed by atoms with E-state index in [9.17, 15) is 45.6 Å². The maximum atomic E-state index is 13.0. The first-order valence-electron chi connectivity index (χ1n) is 25.9. The van der Waals surface area contributed by atoms with E-state index in [4.69, 9.17) is 18.9 Å². The van der Waals surface area contributed by atoms with E-state index in [1.807, 2.05) is 6.08 Å². The fraction of sp³-hybridized carbons (Fsp3) is 0.940. The number of amides is 1. The molecule has 1 amide bonds. The third-order valence-corrected chi connectivity index (χ3v) is 13.0. The number of hydrogen-bond acceptors (Lipinski definition) is 13. The first-order valence-corrected chi connectivity index (χ1v) is 25.9. The predicted molar refractivity (Wildman–Crippen MR) is 249 cm³/mol. The molecule has 2 heterocycles. The van der Waals surface area contributed by atoms with Crippen molar-refractivity contribution in [1.29, 1.82) is 0 Å². The van der Waals surface area contributed by atoms with Gasteiger partial charge in [0.25, 0.3) is 0 Å². The molecule has 0 aromatic rings. The van der Waals surface area contributed by atoms with Crippen molar-refractivity contribution < 1.29 is 64.6 Å². The average Bonchev–Trinajstić information content (AvgIpc) is 3.29. The minimum atomic E-state index is -1.78. The van der Waals surface area contributed by atoms with Crippen LogP contribution in [-0.2, 0) is 23.7 Å². The lowest BCUT2D eigenvalue weighted by atomic mass is 9.97. The third-order valence-electron chi connectivity index (χ3n) is 13.0. The number of carbonyl (C=O) groups is 1. The van der Waals surface area contributed by atoms with Gasteiger partial charge < -0.3 is 65.1 Å². The Hall–Kier alpha value is -1.27. The molecule has 12 unspecified atom stereocenters. The molecule has 0 radical (unpaired) electrons. The molecule has 0 bridgehead atoms. The molecular formula is C50H95NO13. The standard InChI is InChI=1S/C50H95NO13/c1-3-5-7-9-11-12-13-14-15-16-17-18-19-20-21-22-23-24-25-26-27-28-29-31-33-39(54)38(51-42(55)34-32-30-10-8-6-4-2)37-61-49-47(60)45(58)48(41(36-53)63-49)64-50-46(59)44(57)43(56)40(35-52)62-50/h31,33,38-41,43-50,52-54,56-60H,3-30,32,34-37H2,1-2H3,(H,51,55)/b33-31+. The summed E-state index contributed by atoms with van der Waals surface area (Å²) in [6, 6.07) is -0.906. The fourth-order valence-corrected chi connectivity index (χ4v) is 8.70. The summed E-state index contributed by atoms with van der Waals surface area (Å²) >= 11 is 0. The number of nitrogens with one attached hydrogen (secondary N) is 1. The normalized spacial score (nSPS) is 27.3. The van der Waals surface area contributed by atoms with Gasteiger partial charge >= 0.3 is 0 Å². The minimum absolute atomic E-state index is 0.248. The second-order valence-corrected chi connectivity index (χ2v) is 18.7. The minimum Gasteiger partial charge on any atom is -0.394 e. The van der Waals surface area contributed by atoms with E-state index >= 15 is 0 Å². The molecule has 64 heavy (non-hydrogen) atoms. The van der Waals surface area contributed by atoms with Crippen molar-refractivity contribution in [3.8, 4) is 0 Å². The van der Waals surface area contributed by atoms with E-state index in [0.29, 0.717) is 6.42 Å². The van der Waals surface area contributed by atoms with Crippen molar-refractivity contribution in [3.63, 3.8) is 0 Å². The summed E-state index contributed by atoms with van der Waals surface area (Å²) in [6.07, 6.45) is 23.1. The fourth-order valence-electron chi connectivity index (χ4n) is 8.70. The first kappa shape index (κ1) is 58.9. The number of ether oxygens (including phenoxy) is 4. The molecule has 2 fully saturated rings. The number of aliphatic hydroxyl groups excluding tert-OH is 8. The maximum absolute atomic E-state index is 13.0. The van der Waals surface area contributed by atoms with Gasteiger partial charge in [-0.05, 0) is 19.3 Å². The Morgan fingerprint density at radius 1 is 0.547 bits per heavy atom. The quantitative estimate of drug-likeness (QED) is 0.0229. The molecule has 14 heteroatoms. The number of allylic oxidation sites excluding steroid dienone is 1. The van der Waals surface area contributed by atoms with Gasteiger partial charge in [0, 0.05) is 6.42 Å². The van der Waals surface area contributed by atoms with Crippen LogP contribution >= 0.6 is 0 Å². The van der Waals surface area contributed by atoms with Crippen LogP contribution in [0, 0.1) is 0 Å². The van der Waals surface area contributed by atoms with Gasteiger partial charge in [-0.15, -0.1) is 0 Å². The second kappa shape index (κ2) is 37.7. The summed E-state index contributed by atoms with van der Waals surface area (Å²) in [5, 5.41) is 86.4. The molecule has 9 N–H and O–H groups in total. The Kier molecular flexibility index (Phi) is 34.7. The SMILES string of the molecule is CCCCCCCCCCCCCCCCCCCCCCCC/C=C/C(O)C(COC1OC(CO)C(OC2OC(CO)C(O)C(O)C2O)C(O)C1O)NC(=O)CCCCCCCC. The van der Waals surface area contributed by atoms with Crippen molar-refractivity contribution in [2.45, 2.75) is 280 Å². The largest absolute Gasteiger partial charge is 0.394 e. The zero-order valence-electron chi connectivity index (χ0n) is 40.0. The van der Waals surface area contributed by atoms with E-state index in [0.717, 1.165) is 51.4 Å². The van der Waals surface area contributed by atoms with Gasteiger partial charge in [0.05, 0.1) is 32.0 Å². The number of unbranched alkanes of at least 4 members (excludes halogenated alkanes) is 27. The topological polar surface area (TPSA) is 228 Å². The van der Waals surface area contributed by atoms with Crippen LogP contribution in [-0.4, -0.2) is 140 Å². The summed E-state index contributed by atoms with van der Waals surface area (Å²) in [5.41, 5.74) is 0. The van der Waals surface area contributed by atoms with E-state index in [1.54, 1.807) is 6.08 Å². The Morgan fingerprint density at radius 2 is 0.969 bits per heavy atom. The highest BCUT2D eigenvalue weighted by atomic mass is 16.7. The van der Waals surface area contributed by atoms with Crippen LogP contribution in [0.2, 0.25) is 0 Å². The Balaban J connectivity index is 1.72. The van der Waals surface area contributed by atoms with Crippen molar-refractivity contribution in [2.75, 3.05) is 19.8 Å². The van der Waals surface area contributed by atoms with Crippen LogP contribution in [0.15, 0.2) is 12.2 Å². The molecule has 0 aromatic carbocycles. The summed E-state index contributed by atoms with van der Waals surface area (Å²) < 4.78 is 22.6. The molecular weight excluding hydrogens is 823 g/mol. The molecule has 0 spiro atoms. The number of hydrogen-bond donors (Lipinski definition) is 9. The van der Waals surface area contributed by atoms with Crippen molar-refractivity contribution in [2.24, 2.45) is 0 Å². The molecule has 12 atom stereocenters. The highest BCUT2D eigenvalue weighted by Crippen LogP contribution is 2.30. The lowest BCUT2D eigenvalue weighted by Crippen LogP contribution is -2.65. The lowest BCUT2D eigenvalue weighted by molar-refractivity contribution is -0.359. The van der Waals surface area contributed by atoms with Crippen molar-refractivity contribution in [1.82, 2.24) is 5.32 Å². The van der Waals surface area contributed by atoms with E-state index in [2.05, 4.69) is 19.2 Å². The molecule has 378 valence electrons. The highest BCUT2D eigenvalue weighted by Gasteiger charge is 2.51. The van der Waals surface area contributed by atoms with Crippen LogP contribution in [0.25, 0.3) is 0 Å². The van der Waals surface area contributed by atoms with E-state index in [-0.39, 0.29) is 18.9 Å². The Morgan fingerprint density at radius 3 is 1.44 bits per heavy atom. The molecule has 2 rings (SSSR count). The molecule has 14 nitrogen and oxygen atoms in total. The monoisotopic (exact) mass is 918 g/mol. The molecule has 0 saturated carbocycles. The van der Waals surface area contributed by atoms with Gasteiger partial charge in [0.15, 0.2) is 12.6 Å². The molecule has 2 aliphatic rings. The van der Waals surface area contributed by atoms with Crippen LogP contribution in [0.3, 0.4) is 0 Å². The van der Waals surface area contributed by atoms with Crippen LogP contribution < -0.4 is 5.32 Å². The maximum Gasteiger partial charge on any atom is 0.220 e. The zero-order chi connectivity index (χ0) is 46.8. The van der Waals surface area contributed by atoms with Crippen molar-refractivity contribution in [3.05, 3.63) is 12.2 Å². The second-order valence-electron chi connectivity index (χ2n) is 18.7. The molecule has 0 aliphatic carbocycles. The van der Waals surface area contributed by atoms with E-state index < -0.39 is 86.8 Å². The smallest absolute Gasteiger partial charge is 0.220 e. The number of aliphatic hydroxyl groups is 8. The highest BCUT2D eigenvalue weighted by molar-refractivity contribution is 5.76. The predicted octanol–water partition coefficient (Wildman–Crippen LogP) is 6.77. The Bertz CT molecular complexity index is 1130. The van der Waals surface area contributed by atoms with Gasteiger partial charge in [0.1, 0.15) is 48.8 Å². The summed E-state index contributed by atoms with van der Waals surface area (Å²) in [5.74, 6) is -0.248.